The summed E-state index contributed by atoms with van der Waals surface area (Å²) in [5, 5.41) is 7.00. The Bertz CT molecular complexity index is 275. The van der Waals surface area contributed by atoms with E-state index in [2.05, 4.69) is 30.8 Å². The molecule has 4 nitrogen and oxygen atoms in total. The van der Waals surface area contributed by atoms with Crippen LogP contribution in [0.15, 0.2) is 6.20 Å². The number of halogens is 1. The number of hydrogen-bond acceptors (Lipinski definition) is 4. The average Bonchev–Trinajstić information content (AvgIpc) is 2.55. The van der Waals surface area contributed by atoms with Crippen LogP contribution >= 0.6 is 27.5 Å². The number of carbonyl (C=O) groups excluding carboxylic acids is 1. The van der Waals surface area contributed by atoms with Crippen molar-refractivity contribution in [3.8, 4) is 0 Å². The highest BCUT2D eigenvalue weighted by molar-refractivity contribution is 9.10. The van der Waals surface area contributed by atoms with Crippen LogP contribution in [-0.4, -0.2) is 20.3 Å². The molecule has 13 heavy (non-hydrogen) atoms. The molecule has 0 saturated heterocycles. The minimum Gasteiger partial charge on any atom is -0.314 e. The van der Waals surface area contributed by atoms with Crippen LogP contribution < -0.4 is 5.32 Å². The van der Waals surface area contributed by atoms with E-state index in [0.717, 1.165) is 0 Å². The molecule has 6 heteroatoms. The molecule has 1 heterocycles. The van der Waals surface area contributed by atoms with Gasteiger partial charge in [-0.25, -0.2) is 0 Å². The molecule has 0 radical (unpaired) electrons. The fourth-order valence-corrected chi connectivity index (χ4v) is 1.25. The molecular formula is C7H10BrN3OS. The highest BCUT2D eigenvalue weighted by atomic mass is 79.9. The second-order valence-corrected chi connectivity index (χ2v) is 4.69. The maximum atomic E-state index is 11.4. The van der Waals surface area contributed by atoms with Crippen LogP contribution in [-0.2, 0) is 4.79 Å². The first-order chi connectivity index (χ1) is 6.11. The molecule has 1 unspecified atom stereocenters. The number of aromatic nitrogens is 2. The number of rotatable bonds is 3. The maximum absolute atomic E-state index is 11.4. The normalized spacial score (nSPS) is 12.9. The summed E-state index contributed by atoms with van der Waals surface area (Å²) in [5.74, 6) is 0.210. The van der Waals surface area contributed by atoms with Gasteiger partial charge in [0.05, 0.1) is 11.0 Å². The van der Waals surface area contributed by atoms with Crippen molar-refractivity contribution in [1.82, 2.24) is 9.59 Å². The second kappa shape index (κ2) is 4.66. The lowest BCUT2D eigenvalue weighted by atomic mass is 10.1. The van der Waals surface area contributed by atoms with Crippen LogP contribution in [0.3, 0.4) is 0 Å². The Kier molecular flexibility index (Phi) is 3.80. The van der Waals surface area contributed by atoms with E-state index in [0.29, 0.717) is 5.00 Å². The number of alkyl halides is 1. The molecule has 1 aromatic rings. The maximum Gasteiger partial charge on any atom is 0.239 e. The van der Waals surface area contributed by atoms with Gasteiger partial charge in [0.15, 0.2) is 0 Å². The Labute approximate surface area is 89.0 Å². The van der Waals surface area contributed by atoms with E-state index in [1.807, 2.05) is 13.8 Å². The van der Waals surface area contributed by atoms with Crippen molar-refractivity contribution in [2.45, 2.75) is 18.7 Å². The largest absolute Gasteiger partial charge is 0.314 e. The quantitative estimate of drug-likeness (QED) is 0.848. The summed E-state index contributed by atoms with van der Waals surface area (Å²) in [7, 11) is 0. The van der Waals surface area contributed by atoms with Gasteiger partial charge < -0.3 is 5.32 Å². The van der Waals surface area contributed by atoms with Gasteiger partial charge in [-0.05, 0) is 5.92 Å². The standard InChI is InChI=1S/C7H10BrN3OS/c1-4(2)6(8)7(12)10-5-3-9-11-13-5/h3-4,6H,1-2H3,(H,10,12). The smallest absolute Gasteiger partial charge is 0.239 e. The van der Waals surface area contributed by atoms with Crippen molar-refractivity contribution in [1.29, 1.82) is 0 Å². The molecule has 1 aromatic heterocycles. The highest BCUT2D eigenvalue weighted by Gasteiger charge is 2.18. The third-order valence-electron chi connectivity index (χ3n) is 1.44. The zero-order chi connectivity index (χ0) is 9.84. The molecular weight excluding hydrogens is 254 g/mol. The van der Waals surface area contributed by atoms with Gasteiger partial charge in [0.1, 0.15) is 5.00 Å². The third-order valence-corrected chi connectivity index (χ3v) is 3.50. The van der Waals surface area contributed by atoms with Crippen LogP contribution in [0.1, 0.15) is 13.8 Å². The van der Waals surface area contributed by atoms with Crippen molar-refractivity contribution in [2.75, 3.05) is 5.32 Å². The molecule has 0 aliphatic rings. The van der Waals surface area contributed by atoms with E-state index in [1.165, 1.54) is 17.7 Å². The SMILES string of the molecule is CC(C)C(Br)C(=O)Nc1cnns1. The second-order valence-electron chi connectivity index (χ2n) is 2.92. The minimum atomic E-state index is -0.172. The molecule has 1 rings (SSSR count). The number of amides is 1. The molecule has 0 bridgehead atoms. The third kappa shape index (κ3) is 3.04. The van der Waals surface area contributed by atoms with Crippen molar-refractivity contribution in [3.05, 3.63) is 6.20 Å². The molecule has 0 aliphatic carbocycles. The van der Waals surface area contributed by atoms with E-state index < -0.39 is 0 Å². The number of nitrogens with zero attached hydrogens (tertiary/aromatic N) is 2. The summed E-state index contributed by atoms with van der Waals surface area (Å²) in [6.45, 7) is 3.95. The fraction of sp³-hybridized carbons (Fsp3) is 0.571. The first-order valence-electron chi connectivity index (χ1n) is 3.83. The Morgan fingerprint density at radius 3 is 2.85 bits per heavy atom. The van der Waals surface area contributed by atoms with Gasteiger partial charge in [0.2, 0.25) is 5.91 Å². The van der Waals surface area contributed by atoms with Crippen LogP contribution in [0.25, 0.3) is 0 Å². The summed E-state index contributed by atoms with van der Waals surface area (Å²) in [6, 6.07) is 0. The monoisotopic (exact) mass is 263 g/mol. The molecule has 0 aliphatic heterocycles. The predicted molar refractivity (Wildman–Crippen MR) is 56.1 cm³/mol. The van der Waals surface area contributed by atoms with E-state index in [-0.39, 0.29) is 16.7 Å². The Morgan fingerprint density at radius 2 is 2.38 bits per heavy atom. The zero-order valence-electron chi connectivity index (χ0n) is 7.32. The topological polar surface area (TPSA) is 54.9 Å². The van der Waals surface area contributed by atoms with Crippen LogP contribution in [0, 0.1) is 5.92 Å². The molecule has 1 atom stereocenters. The van der Waals surface area contributed by atoms with Gasteiger partial charge in [0.25, 0.3) is 0 Å². The lowest BCUT2D eigenvalue weighted by Crippen LogP contribution is -2.26. The lowest BCUT2D eigenvalue weighted by Gasteiger charge is -2.11. The number of carbonyl (C=O) groups is 1. The van der Waals surface area contributed by atoms with Gasteiger partial charge in [0, 0.05) is 11.5 Å². The predicted octanol–water partition coefficient (Wildman–Crippen LogP) is 1.90. The zero-order valence-corrected chi connectivity index (χ0v) is 9.72. The fourth-order valence-electron chi connectivity index (χ4n) is 0.715. The first-order valence-corrected chi connectivity index (χ1v) is 5.52. The lowest BCUT2D eigenvalue weighted by molar-refractivity contribution is -0.116. The Hall–Kier alpha value is -0.490. The van der Waals surface area contributed by atoms with Gasteiger partial charge in [-0.2, -0.15) is 0 Å². The summed E-state index contributed by atoms with van der Waals surface area (Å²) in [6.07, 6.45) is 1.53. The van der Waals surface area contributed by atoms with E-state index in [9.17, 15) is 4.79 Å². The summed E-state index contributed by atoms with van der Waals surface area (Å²) in [5.41, 5.74) is 0. The molecule has 1 N–H and O–H groups in total. The molecule has 0 saturated carbocycles. The Morgan fingerprint density at radius 1 is 1.69 bits per heavy atom. The summed E-state index contributed by atoms with van der Waals surface area (Å²) < 4.78 is 3.64. The molecule has 0 spiro atoms. The number of anilines is 1. The molecule has 72 valence electrons. The highest BCUT2D eigenvalue weighted by Crippen LogP contribution is 2.16. The Balaban J connectivity index is 2.51. The van der Waals surface area contributed by atoms with E-state index in [1.54, 1.807) is 0 Å². The minimum absolute atomic E-state index is 0.0546. The van der Waals surface area contributed by atoms with Gasteiger partial charge >= 0.3 is 0 Å². The van der Waals surface area contributed by atoms with Crippen molar-refractivity contribution in [2.24, 2.45) is 5.92 Å². The van der Waals surface area contributed by atoms with E-state index in [4.69, 9.17) is 0 Å². The van der Waals surface area contributed by atoms with Gasteiger partial charge in [-0.15, -0.1) is 5.10 Å². The van der Waals surface area contributed by atoms with Crippen LogP contribution in [0.4, 0.5) is 5.00 Å². The van der Waals surface area contributed by atoms with Crippen molar-refractivity contribution in [3.63, 3.8) is 0 Å². The molecule has 1 amide bonds. The number of hydrogen-bond donors (Lipinski definition) is 1. The summed E-state index contributed by atoms with van der Waals surface area (Å²) in [4.78, 5) is 11.3. The molecule has 0 fully saturated rings. The van der Waals surface area contributed by atoms with Gasteiger partial charge in [-0.1, -0.05) is 34.3 Å². The van der Waals surface area contributed by atoms with Crippen LogP contribution in [0.2, 0.25) is 0 Å². The molecule has 0 aromatic carbocycles. The van der Waals surface area contributed by atoms with Crippen LogP contribution in [0.5, 0.6) is 0 Å². The first kappa shape index (κ1) is 10.6. The van der Waals surface area contributed by atoms with E-state index >= 15 is 0 Å². The summed E-state index contributed by atoms with van der Waals surface area (Å²) >= 11 is 4.47. The average molecular weight is 264 g/mol. The van der Waals surface area contributed by atoms with Crippen molar-refractivity contribution < 1.29 is 4.79 Å². The van der Waals surface area contributed by atoms with Gasteiger partial charge in [-0.3, -0.25) is 4.79 Å². The number of nitrogens with one attached hydrogen (secondary N) is 1. The van der Waals surface area contributed by atoms with Crippen molar-refractivity contribution >= 4 is 38.4 Å².